The van der Waals surface area contributed by atoms with Crippen LogP contribution in [-0.2, 0) is 24.7 Å². The van der Waals surface area contributed by atoms with E-state index in [9.17, 15) is 21.6 Å². The quantitative estimate of drug-likeness (QED) is 0.751. The van der Waals surface area contributed by atoms with Crippen LogP contribution >= 0.6 is 0 Å². The maximum absolute atomic E-state index is 12.1. The molecule has 1 amide bonds. The van der Waals surface area contributed by atoms with Crippen molar-refractivity contribution in [1.82, 2.24) is 0 Å². The molecule has 0 saturated heterocycles. The number of nitrogens with two attached hydrogens (primary N) is 1. The number of carbonyl (C=O) groups excluding carboxylic acids is 1. The van der Waals surface area contributed by atoms with Gasteiger partial charge in [-0.2, -0.15) is 0 Å². The van der Waals surface area contributed by atoms with Crippen LogP contribution in [0.3, 0.4) is 0 Å². The van der Waals surface area contributed by atoms with Gasteiger partial charge in [0, 0.05) is 12.1 Å². The van der Waals surface area contributed by atoms with Crippen molar-refractivity contribution in [2.24, 2.45) is 5.14 Å². The van der Waals surface area contributed by atoms with Gasteiger partial charge in [0.05, 0.1) is 15.5 Å². The van der Waals surface area contributed by atoms with Gasteiger partial charge in [0.2, 0.25) is 15.9 Å². The smallest absolute Gasteiger partial charge is 0.238 e. The molecule has 9 heteroatoms. The fourth-order valence-corrected chi connectivity index (χ4v) is 3.97. The van der Waals surface area contributed by atoms with Gasteiger partial charge in [-0.05, 0) is 42.8 Å². The van der Waals surface area contributed by atoms with Crippen molar-refractivity contribution in [2.45, 2.75) is 22.6 Å². The molecule has 0 aliphatic carbocycles. The minimum absolute atomic E-state index is 0.0308. The number of hydrogen-bond donors (Lipinski definition) is 2. The second-order valence-corrected chi connectivity index (χ2v) is 9.02. The molecule has 2 aromatic carbocycles. The van der Waals surface area contributed by atoms with E-state index in [2.05, 4.69) is 5.32 Å². The molecule has 0 aliphatic rings. The minimum atomic E-state index is -3.78. The summed E-state index contributed by atoms with van der Waals surface area (Å²) in [7, 11) is -7.20. The summed E-state index contributed by atoms with van der Waals surface area (Å²) in [6.07, 6.45) is 0.210. The lowest BCUT2D eigenvalue weighted by Gasteiger charge is -2.07. The van der Waals surface area contributed by atoms with Crippen LogP contribution in [0.25, 0.3) is 0 Å². The van der Waals surface area contributed by atoms with E-state index in [1.54, 1.807) is 18.2 Å². The highest BCUT2D eigenvalue weighted by molar-refractivity contribution is 7.91. The van der Waals surface area contributed by atoms with Crippen LogP contribution < -0.4 is 10.5 Å². The molecule has 25 heavy (non-hydrogen) atoms. The van der Waals surface area contributed by atoms with Gasteiger partial charge in [0.1, 0.15) is 0 Å². The van der Waals surface area contributed by atoms with Gasteiger partial charge in [-0.25, -0.2) is 22.0 Å². The molecule has 0 saturated carbocycles. The Balaban J connectivity index is 1.87. The van der Waals surface area contributed by atoms with Crippen molar-refractivity contribution in [3.8, 4) is 0 Å². The zero-order chi connectivity index (χ0) is 18.5. The van der Waals surface area contributed by atoms with E-state index in [1.807, 2.05) is 0 Å². The lowest BCUT2D eigenvalue weighted by Crippen LogP contribution is -2.15. The minimum Gasteiger partial charge on any atom is -0.326 e. The first-order valence-electron chi connectivity index (χ1n) is 7.39. The Morgan fingerprint density at radius 1 is 0.880 bits per heavy atom. The first-order valence-corrected chi connectivity index (χ1v) is 10.6. The highest BCUT2D eigenvalue weighted by atomic mass is 32.2. The first-order chi connectivity index (χ1) is 11.7. The van der Waals surface area contributed by atoms with E-state index in [0.29, 0.717) is 5.69 Å². The van der Waals surface area contributed by atoms with Crippen molar-refractivity contribution in [3.63, 3.8) is 0 Å². The molecule has 2 aromatic rings. The molecule has 0 aromatic heterocycles. The predicted octanol–water partition coefficient (Wildman–Crippen LogP) is 1.53. The predicted molar refractivity (Wildman–Crippen MR) is 94.2 cm³/mol. The van der Waals surface area contributed by atoms with E-state index in [0.717, 1.165) is 0 Å². The molecule has 7 nitrogen and oxygen atoms in total. The Kier molecular flexibility index (Phi) is 5.93. The SMILES string of the molecule is NS(=O)(=O)c1ccc(NC(=O)CCCS(=O)(=O)c2ccccc2)cc1. The van der Waals surface area contributed by atoms with Gasteiger partial charge >= 0.3 is 0 Å². The highest BCUT2D eigenvalue weighted by Gasteiger charge is 2.14. The molecule has 0 atom stereocenters. The largest absolute Gasteiger partial charge is 0.326 e. The summed E-state index contributed by atoms with van der Waals surface area (Å²) in [5, 5.41) is 7.57. The lowest BCUT2D eigenvalue weighted by molar-refractivity contribution is -0.116. The topological polar surface area (TPSA) is 123 Å². The lowest BCUT2D eigenvalue weighted by atomic mass is 10.3. The molecule has 0 unspecified atom stereocenters. The van der Waals surface area contributed by atoms with Crippen molar-refractivity contribution >= 4 is 31.5 Å². The number of anilines is 1. The summed E-state index contributed by atoms with van der Waals surface area (Å²) >= 11 is 0. The van der Waals surface area contributed by atoms with Gasteiger partial charge in [-0.1, -0.05) is 18.2 Å². The third-order valence-corrected chi connectivity index (χ3v) is 6.13. The molecule has 3 N–H and O–H groups in total. The van der Waals surface area contributed by atoms with Crippen molar-refractivity contribution in [2.75, 3.05) is 11.1 Å². The van der Waals surface area contributed by atoms with E-state index >= 15 is 0 Å². The Labute approximate surface area is 146 Å². The third kappa shape index (κ3) is 5.66. The zero-order valence-corrected chi connectivity index (χ0v) is 14.9. The summed E-state index contributed by atoms with van der Waals surface area (Å²) in [5.74, 6) is -0.485. The number of rotatable bonds is 7. The number of amides is 1. The number of nitrogens with one attached hydrogen (secondary N) is 1. The Hall–Kier alpha value is -2.23. The van der Waals surface area contributed by atoms with Gasteiger partial charge in [0.25, 0.3) is 0 Å². The molecule has 0 heterocycles. The highest BCUT2D eigenvalue weighted by Crippen LogP contribution is 2.14. The van der Waals surface area contributed by atoms with E-state index in [4.69, 9.17) is 5.14 Å². The monoisotopic (exact) mass is 382 g/mol. The molecular formula is C16H18N2O5S2. The molecular weight excluding hydrogens is 364 g/mol. The van der Waals surface area contributed by atoms with Gasteiger partial charge in [-0.3, -0.25) is 4.79 Å². The third-order valence-electron chi connectivity index (χ3n) is 3.39. The summed E-state index contributed by atoms with van der Waals surface area (Å²) in [4.78, 5) is 12.0. The van der Waals surface area contributed by atoms with Crippen molar-refractivity contribution in [1.29, 1.82) is 0 Å². The van der Waals surface area contributed by atoms with Crippen LogP contribution in [0.5, 0.6) is 0 Å². The summed E-state index contributed by atoms with van der Waals surface area (Å²) < 4.78 is 46.5. The van der Waals surface area contributed by atoms with Crippen molar-refractivity contribution in [3.05, 3.63) is 54.6 Å². The molecule has 0 fully saturated rings. The number of hydrogen-bond acceptors (Lipinski definition) is 5. The fourth-order valence-electron chi connectivity index (χ4n) is 2.12. The molecule has 0 aliphatic heterocycles. The molecule has 0 spiro atoms. The number of primary sulfonamides is 1. The second-order valence-electron chi connectivity index (χ2n) is 5.35. The van der Waals surface area contributed by atoms with Gasteiger partial charge in [-0.15, -0.1) is 0 Å². The number of sulfone groups is 1. The van der Waals surface area contributed by atoms with Crippen LogP contribution in [0.2, 0.25) is 0 Å². The maximum atomic E-state index is 12.1. The average molecular weight is 382 g/mol. The average Bonchev–Trinajstić information content (AvgIpc) is 2.55. The van der Waals surface area contributed by atoms with Crippen molar-refractivity contribution < 1.29 is 21.6 Å². The number of sulfonamides is 1. The normalized spacial score (nSPS) is 11.9. The summed E-state index contributed by atoms with van der Waals surface area (Å²) in [6.45, 7) is 0. The number of carbonyl (C=O) groups is 1. The summed E-state index contributed by atoms with van der Waals surface area (Å²) in [5.41, 5.74) is 0.406. The molecule has 2 rings (SSSR count). The second kappa shape index (κ2) is 7.77. The Morgan fingerprint density at radius 2 is 1.48 bits per heavy atom. The Morgan fingerprint density at radius 3 is 2.04 bits per heavy atom. The molecule has 134 valence electrons. The molecule has 0 bridgehead atoms. The maximum Gasteiger partial charge on any atom is 0.238 e. The van der Waals surface area contributed by atoms with E-state index in [-0.39, 0.29) is 34.3 Å². The van der Waals surface area contributed by atoms with Crippen LogP contribution in [0.1, 0.15) is 12.8 Å². The summed E-state index contributed by atoms with van der Waals surface area (Å²) in [6, 6.07) is 13.4. The van der Waals surface area contributed by atoms with Crippen LogP contribution in [-0.4, -0.2) is 28.5 Å². The number of benzene rings is 2. The van der Waals surface area contributed by atoms with Gasteiger partial charge in [0.15, 0.2) is 9.84 Å². The fraction of sp³-hybridized carbons (Fsp3) is 0.188. The van der Waals surface area contributed by atoms with E-state index < -0.39 is 19.9 Å². The first kappa shape index (κ1) is 19.1. The molecule has 0 radical (unpaired) electrons. The van der Waals surface area contributed by atoms with E-state index in [1.165, 1.54) is 36.4 Å². The standard InChI is InChI=1S/C16H18N2O5S2/c17-25(22,23)15-10-8-13(9-11-15)18-16(19)7-4-12-24(20,21)14-5-2-1-3-6-14/h1-3,5-6,8-11H,4,7,12H2,(H,18,19)(H2,17,22,23). The zero-order valence-electron chi connectivity index (χ0n) is 13.3. The van der Waals surface area contributed by atoms with Gasteiger partial charge < -0.3 is 5.32 Å². The Bertz CT molecular complexity index is 938. The van der Waals surface area contributed by atoms with Crippen LogP contribution in [0.15, 0.2) is 64.4 Å². The van der Waals surface area contributed by atoms with Crippen LogP contribution in [0, 0.1) is 0 Å². The van der Waals surface area contributed by atoms with Crippen LogP contribution in [0.4, 0.5) is 5.69 Å².